The van der Waals surface area contributed by atoms with Gasteiger partial charge in [0.2, 0.25) is 0 Å². The summed E-state index contributed by atoms with van der Waals surface area (Å²) >= 11 is 0. The molecule has 0 aromatic heterocycles. The smallest absolute Gasteiger partial charge is 0.0219 e. The third-order valence-electron chi connectivity index (χ3n) is 3.59. The fourth-order valence-electron chi connectivity index (χ4n) is 2.13. The summed E-state index contributed by atoms with van der Waals surface area (Å²) in [5.41, 5.74) is 5.13. The minimum absolute atomic E-state index is 0.588. The molecule has 0 unspecified atom stereocenters. The van der Waals surface area contributed by atoms with Gasteiger partial charge in [-0.3, -0.25) is 0 Å². The van der Waals surface area contributed by atoms with Gasteiger partial charge in [0.25, 0.3) is 0 Å². The Morgan fingerprint density at radius 1 is 0.636 bits per heavy atom. The fourth-order valence-corrected chi connectivity index (χ4v) is 2.13. The highest BCUT2D eigenvalue weighted by Crippen LogP contribution is 2.15. The second-order valence-corrected chi connectivity index (χ2v) is 5.84. The van der Waals surface area contributed by atoms with Crippen molar-refractivity contribution >= 4 is 12.2 Å². The van der Waals surface area contributed by atoms with Gasteiger partial charge in [0.15, 0.2) is 0 Å². The second kappa shape index (κ2) is 8.19. The topological polar surface area (TPSA) is 0 Å². The van der Waals surface area contributed by atoms with Crippen molar-refractivity contribution in [1.82, 2.24) is 0 Å². The van der Waals surface area contributed by atoms with E-state index in [1.807, 2.05) is 0 Å². The summed E-state index contributed by atoms with van der Waals surface area (Å²) in [6.45, 7) is 6.54. The molecule has 0 radical (unpaired) electrons. The van der Waals surface area contributed by atoms with Crippen LogP contribution in [0.15, 0.2) is 72.8 Å². The van der Waals surface area contributed by atoms with Crippen LogP contribution in [-0.4, -0.2) is 0 Å². The van der Waals surface area contributed by atoms with E-state index in [1.54, 1.807) is 0 Å². The Bertz CT molecular complexity index is 650. The highest BCUT2D eigenvalue weighted by molar-refractivity contribution is 5.54. The van der Waals surface area contributed by atoms with E-state index in [-0.39, 0.29) is 0 Å². The number of aryl methyl sites for hydroxylation is 1. The normalized spacial score (nSPS) is 12.2. The lowest BCUT2D eigenvalue weighted by molar-refractivity contribution is 0.866. The highest BCUT2D eigenvalue weighted by atomic mass is 14.0. The summed E-state index contributed by atoms with van der Waals surface area (Å²) < 4.78 is 0. The number of benzene rings is 2. The molecule has 0 saturated heterocycles. The molecular formula is C22H24. The first-order chi connectivity index (χ1) is 10.6. The van der Waals surface area contributed by atoms with E-state index in [2.05, 4.69) is 106 Å². The summed E-state index contributed by atoms with van der Waals surface area (Å²) in [7, 11) is 0. The van der Waals surface area contributed by atoms with Crippen molar-refractivity contribution in [2.24, 2.45) is 0 Å². The summed E-state index contributed by atoms with van der Waals surface area (Å²) in [4.78, 5) is 0. The molecule has 0 fully saturated rings. The number of rotatable bonds is 5. The molecule has 2 aromatic rings. The fraction of sp³-hybridized carbons (Fsp3) is 0.182. The first kappa shape index (κ1) is 16.0. The summed E-state index contributed by atoms with van der Waals surface area (Å²) in [6, 6.07) is 17.3. The Morgan fingerprint density at radius 3 is 1.55 bits per heavy atom. The predicted octanol–water partition coefficient (Wildman–Crippen LogP) is 6.40. The van der Waals surface area contributed by atoms with E-state index in [4.69, 9.17) is 0 Å². The van der Waals surface area contributed by atoms with Gasteiger partial charge in [0.05, 0.1) is 0 Å². The first-order valence-corrected chi connectivity index (χ1v) is 7.83. The van der Waals surface area contributed by atoms with Crippen molar-refractivity contribution < 1.29 is 0 Å². The van der Waals surface area contributed by atoms with Crippen molar-refractivity contribution in [1.29, 1.82) is 0 Å². The Balaban J connectivity index is 1.87. The molecule has 0 saturated carbocycles. The van der Waals surface area contributed by atoms with Crippen molar-refractivity contribution in [3.05, 3.63) is 95.1 Å². The maximum atomic E-state index is 2.22. The third kappa shape index (κ3) is 5.21. The van der Waals surface area contributed by atoms with Gasteiger partial charge in [-0.15, -0.1) is 0 Å². The van der Waals surface area contributed by atoms with Gasteiger partial charge in [-0.05, 0) is 29.5 Å². The van der Waals surface area contributed by atoms with Crippen LogP contribution in [0.4, 0.5) is 0 Å². The Hall–Kier alpha value is -2.34. The standard InChI is InChI=1S/C22H24/c1-18(2)22-16-14-21(15-17-22)9-7-5-4-6-8-20-12-10-19(3)11-13-20/h4-18H,1-3H3. The number of allylic oxidation sites excluding steroid dienone is 4. The van der Waals surface area contributed by atoms with Crippen molar-refractivity contribution in [3.8, 4) is 0 Å². The molecule has 112 valence electrons. The minimum atomic E-state index is 0.588. The summed E-state index contributed by atoms with van der Waals surface area (Å²) in [6.07, 6.45) is 12.5. The summed E-state index contributed by atoms with van der Waals surface area (Å²) in [5.74, 6) is 0.588. The van der Waals surface area contributed by atoms with Gasteiger partial charge in [-0.25, -0.2) is 0 Å². The van der Waals surface area contributed by atoms with Crippen LogP contribution in [0.3, 0.4) is 0 Å². The third-order valence-corrected chi connectivity index (χ3v) is 3.59. The molecule has 0 aliphatic carbocycles. The molecule has 0 aliphatic heterocycles. The molecule has 0 aliphatic rings. The van der Waals surface area contributed by atoms with Crippen LogP contribution < -0.4 is 0 Å². The van der Waals surface area contributed by atoms with Gasteiger partial charge in [0.1, 0.15) is 0 Å². The van der Waals surface area contributed by atoms with E-state index in [0.717, 1.165) is 0 Å². The molecule has 0 heteroatoms. The van der Waals surface area contributed by atoms with Crippen LogP contribution in [0, 0.1) is 6.92 Å². The Kier molecular flexibility index (Phi) is 5.97. The highest BCUT2D eigenvalue weighted by Gasteiger charge is 1.96. The van der Waals surface area contributed by atoms with E-state index in [1.165, 1.54) is 22.3 Å². The van der Waals surface area contributed by atoms with Gasteiger partial charge < -0.3 is 0 Å². The molecule has 0 nitrogen and oxygen atoms in total. The quantitative estimate of drug-likeness (QED) is 0.558. The number of hydrogen-bond donors (Lipinski definition) is 0. The molecule has 2 aromatic carbocycles. The molecule has 0 spiro atoms. The van der Waals surface area contributed by atoms with Crippen molar-refractivity contribution in [2.75, 3.05) is 0 Å². The van der Waals surface area contributed by atoms with E-state index in [9.17, 15) is 0 Å². The van der Waals surface area contributed by atoms with Crippen LogP contribution in [0.1, 0.15) is 42.0 Å². The van der Waals surface area contributed by atoms with Gasteiger partial charge >= 0.3 is 0 Å². The lowest BCUT2D eigenvalue weighted by Crippen LogP contribution is -1.85. The van der Waals surface area contributed by atoms with Crippen LogP contribution >= 0.6 is 0 Å². The SMILES string of the molecule is Cc1ccc(C=CC=CC=Cc2ccc(C(C)C)cc2)cc1. The van der Waals surface area contributed by atoms with E-state index in [0.29, 0.717) is 5.92 Å². The van der Waals surface area contributed by atoms with Gasteiger partial charge in [-0.1, -0.05) is 104 Å². The zero-order valence-electron chi connectivity index (χ0n) is 13.7. The number of hydrogen-bond acceptors (Lipinski definition) is 0. The van der Waals surface area contributed by atoms with Gasteiger partial charge in [-0.2, -0.15) is 0 Å². The van der Waals surface area contributed by atoms with Crippen LogP contribution in [0.5, 0.6) is 0 Å². The van der Waals surface area contributed by atoms with Crippen molar-refractivity contribution in [2.45, 2.75) is 26.7 Å². The monoisotopic (exact) mass is 288 g/mol. The maximum absolute atomic E-state index is 2.22. The lowest BCUT2D eigenvalue weighted by atomic mass is 10.0. The van der Waals surface area contributed by atoms with Gasteiger partial charge in [0, 0.05) is 0 Å². The minimum Gasteiger partial charge on any atom is -0.0622 e. The molecular weight excluding hydrogens is 264 g/mol. The Morgan fingerprint density at radius 2 is 1.09 bits per heavy atom. The molecule has 0 atom stereocenters. The molecule has 0 N–H and O–H groups in total. The molecule has 0 heterocycles. The van der Waals surface area contributed by atoms with Crippen LogP contribution in [0.2, 0.25) is 0 Å². The zero-order valence-corrected chi connectivity index (χ0v) is 13.7. The summed E-state index contributed by atoms with van der Waals surface area (Å²) in [5, 5.41) is 0. The molecule has 2 rings (SSSR count). The molecule has 0 bridgehead atoms. The van der Waals surface area contributed by atoms with Crippen molar-refractivity contribution in [3.63, 3.8) is 0 Å². The first-order valence-electron chi connectivity index (χ1n) is 7.83. The van der Waals surface area contributed by atoms with Crippen LogP contribution in [-0.2, 0) is 0 Å². The lowest BCUT2D eigenvalue weighted by Gasteiger charge is -2.04. The maximum Gasteiger partial charge on any atom is -0.0219 e. The largest absolute Gasteiger partial charge is 0.0622 e. The zero-order chi connectivity index (χ0) is 15.8. The predicted molar refractivity (Wildman–Crippen MR) is 98.9 cm³/mol. The average Bonchev–Trinajstić information content (AvgIpc) is 2.53. The Labute approximate surface area is 134 Å². The van der Waals surface area contributed by atoms with E-state index >= 15 is 0 Å². The average molecular weight is 288 g/mol. The molecule has 0 amide bonds. The van der Waals surface area contributed by atoms with E-state index < -0.39 is 0 Å². The second-order valence-electron chi connectivity index (χ2n) is 5.84. The van der Waals surface area contributed by atoms with Crippen LogP contribution in [0.25, 0.3) is 12.2 Å². The molecule has 22 heavy (non-hydrogen) atoms.